The Labute approximate surface area is 66.2 Å². The second kappa shape index (κ2) is 4.09. The number of halogens is 1. The van der Waals surface area contributed by atoms with E-state index in [9.17, 15) is 4.39 Å². The van der Waals surface area contributed by atoms with Crippen molar-refractivity contribution in [1.82, 2.24) is 5.32 Å². The average molecular weight is 152 g/mol. The SMILES string of the molecule is CNCCc1ccc([18F])cc1. The van der Waals surface area contributed by atoms with Crippen molar-refractivity contribution in [3.8, 4) is 0 Å². The predicted molar refractivity (Wildman–Crippen MR) is 44.0 cm³/mol. The van der Waals surface area contributed by atoms with Crippen LogP contribution in [0.1, 0.15) is 5.56 Å². The number of likely N-dealkylation sites (N-methyl/N-ethyl adjacent to an activating group) is 1. The zero-order valence-corrected chi connectivity index (χ0v) is 6.60. The molecule has 0 bridgehead atoms. The summed E-state index contributed by atoms with van der Waals surface area (Å²) in [5.41, 5.74) is 1.17. The molecule has 1 aromatic carbocycles. The van der Waals surface area contributed by atoms with Gasteiger partial charge in [-0.1, -0.05) is 12.1 Å². The van der Waals surface area contributed by atoms with Crippen LogP contribution in [0.2, 0.25) is 0 Å². The average Bonchev–Trinajstić information content (AvgIpc) is 2.04. The van der Waals surface area contributed by atoms with Gasteiger partial charge in [-0.2, -0.15) is 0 Å². The molecule has 0 amide bonds. The third-order valence-corrected chi connectivity index (χ3v) is 1.58. The van der Waals surface area contributed by atoms with Crippen LogP contribution in [0.5, 0.6) is 0 Å². The Morgan fingerprint density at radius 1 is 1.27 bits per heavy atom. The highest BCUT2D eigenvalue weighted by molar-refractivity contribution is 5.16. The number of nitrogens with one attached hydrogen (secondary N) is 1. The molecule has 0 aromatic heterocycles. The maximum absolute atomic E-state index is 12.4. The van der Waals surface area contributed by atoms with Crippen molar-refractivity contribution < 1.29 is 4.39 Å². The van der Waals surface area contributed by atoms with E-state index >= 15 is 0 Å². The Balaban J connectivity index is 2.52. The first kappa shape index (κ1) is 8.21. The molecule has 1 N–H and O–H groups in total. The zero-order valence-electron chi connectivity index (χ0n) is 6.60. The fourth-order valence-corrected chi connectivity index (χ4v) is 0.920. The van der Waals surface area contributed by atoms with Crippen molar-refractivity contribution in [2.45, 2.75) is 6.42 Å². The van der Waals surface area contributed by atoms with Gasteiger partial charge in [0.15, 0.2) is 0 Å². The molecule has 1 rings (SSSR count). The van der Waals surface area contributed by atoms with Crippen molar-refractivity contribution in [1.29, 1.82) is 0 Å². The van der Waals surface area contributed by atoms with E-state index < -0.39 is 0 Å². The largest absolute Gasteiger partial charge is 0.319 e. The monoisotopic (exact) mass is 152 g/mol. The molecule has 0 spiro atoms. The molecule has 2 heteroatoms. The molecule has 11 heavy (non-hydrogen) atoms. The number of hydrogen-bond acceptors (Lipinski definition) is 1. The third kappa shape index (κ3) is 2.68. The van der Waals surface area contributed by atoms with Crippen molar-refractivity contribution >= 4 is 0 Å². The van der Waals surface area contributed by atoms with Crippen molar-refractivity contribution in [3.05, 3.63) is 35.6 Å². The van der Waals surface area contributed by atoms with Crippen LogP contribution in [-0.2, 0) is 6.42 Å². The molecule has 0 aliphatic carbocycles. The lowest BCUT2D eigenvalue weighted by atomic mass is 10.1. The third-order valence-electron chi connectivity index (χ3n) is 1.58. The van der Waals surface area contributed by atoms with Crippen LogP contribution < -0.4 is 5.32 Å². The first-order chi connectivity index (χ1) is 5.33. The summed E-state index contributed by atoms with van der Waals surface area (Å²) in [4.78, 5) is 0. The van der Waals surface area contributed by atoms with Gasteiger partial charge in [-0.15, -0.1) is 0 Å². The molecule has 0 unspecified atom stereocenters. The summed E-state index contributed by atoms with van der Waals surface area (Å²) in [6, 6.07) is 6.61. The maximum Gasteiger partial charge on any atom is 0.123 e. The highest BCUT2D eigenvalue weighted by Gasteiger charge is 1.91. The molecule has 0 fully saturated rings. The maximum atomic E-state index is 12.4. The van der Waals surface area contributed by atoms with E-state index in [1.165, 1.54) is 17.7 Å². The molecule has 0 saturated carbocycles. The van der Waals surface area contributed by atoms with Gasteiger partial charge in [0.2, 0.25) is 0 Å². The number of benzene rings is 1. The normalized spacial score (nSPS) is 10.0. The molecule has 1 nitrogen and oxygen atoms in total. The van der Waals surface area contributed by atoms with E-state index in [0.29, 0.717) is 0 Å². The van der Waals surface area contributed by atoms with Gasteiger partial charge in [-0.25, -0.2) is 4.39 Å². The molecule has 0 aliphatic rings. The lowest BCUT2D eigenvalue weighted by Crippen LogP contribution is -2.10. The summed E-state index contributed by atoms with van der Waals surface area (Å²) in [5.74, 6) is -0.168. The molecule has 60 valence electrons. The van der Waals surface area contributed by atoms with Gasteiger partial charge >= 0.3 is 0 Å². The minimum absolute atomic E-state index is 0.168. The van der Waals surface area contributed by atoms with E-state index in [-0.39, 0.29) is 5.82 Å². The Bertz CT molecular complexity index is 205. The van der Waals surface area contributed by atoms with Crippen molar-refractivity contribution in [3.63, 3.8) is 0 Å². The molecule has 0 atom stereocenters. The lowest BCUT2D eigenvalue weighted by molar-refractivity contribution is 0.626. The first-order valence-corrected chi connectivity index (χ1v) is 3.72. The molecule has 0 saturated heterocycles. The van der Waals surface area contributed by atoms with Crippen LogP contribution in [0, 0.1) is 5.82 Å². The fraction of sp³-hybridized carbons (Fsp3) is 0.333. The van der Waals surface area contributed by atoms with Crippen molar-refractivity contribution in [2.75, 3.05) is 13.6 Å². The summed E-state index contributed by atoms with van der Waals surface area (Å²) in [5, 5.41) is 3.04. The smallest absolute Gasteiger partial charge is 0.123 e. The van der Waals surface area contributed by atoms with Crippen LogP contribution in [0.3, 0.4) is 0 Å². The second-order valence-corrected chi connectivity index (χ2v) is 2.48. The molecule has 0 heterocycles. The summed E-state index contributed by atoms with van der Waals surface area (Å²) >= 11 is 0. The van der Waals surface area contributed by atoms with Gasteiger partial charge < -0.3 is 5.32 Å². The van der Waals surface area contributed by atoms with Gasteiger partial charge in [0.1, 0.15) is 5.82 Å². The zero-order chi connectivity index (χ0) is 8.10. The Hall–Kier alpha value is -0.890. The number of hydrogen-bond donors (Lipinski definition) is 1. The quantitative estimate of drug-likeness (QED) is 0.693. The van der Waals surface area contributed by atoms with Crippen LogP contribution >= 0.6 is 0 Å². The van der Waals surface area contributed by atoms with Crippen LogP contribution in [0.15, 0.2) is 24.3 Å². The van der Waals surface area contributed by atoms with E-state index in [0.717, 1.165) is 13.0 Å². The second-order valence-electron chi connectivity index (χ2n) is 2.48. The predicted octanol–water partition coefficient (Wildman–Crippen LogP) is 1.59. The minimum atomic E-state index is -0.168. The molecule has 1 aromatic rings. The molecular formula is C9H12FN. The molecule has 0 radical (unpaired) electrons. The summed E-state index contributed by atoms with van der Waals surface area (Å²) in [6.45, 7) is 0.936. The number of rotatable bonds is 3. The van der Waals surface area contributed by atoms with Gasteiger partial charge in [-0.05, 0) is 37.7 Å². The standard InChI is InChI=1S/C9H12FN/c1-11-7-6-8-2-4-9(10)5-3-8/h2-5,11H,6-7H2,1H3/i10-1. The first-order valence-electron chi connectivity index (χ1n) is 3.72. The Morgan fingerprint density at radius 3 is 2.45 bits per heavy atom. The topological polar surface area (TPSA) is 12.0 Å². The van der Waals surface area contributed by atoms with Crippen LogP contribution in [0.4, 0.5) is 4.39 Å². The van der Waals surface area contributed by atoms with Gasteiger partial charge in [0.05, 0.1) is 0 Å². The van der Waals surface area contributed by atoms with E-state index in [2.05, 4.69) is 5.32 Å². The van der Waals surface area contributed by atoms with Gasteiger partial charge in [-0.3, -0.25) is 0 Å². The van der Waals surface area contributed by atoms with Gasteiger partial charge in [0.25, 0.3) is 0 Å². The molecule has 0 aliphatic heterocycles. The van der Waals surface area contributed by atoms with Crippen molar-refractivity contribution in [2.24, 2.45) is 0 Å². The highest BCUT2D eigenvalue weighted by atomic mass is 18.2. The van der Waals surface area contributed by atoms with Crippen LogP contribution in [-0.4, -0.2) is 13.6 Å². The fourth-order valence-electron chi connectivity index (χ4n) is 0.920. The minimum Gasteiger partial charge on any atom is -0.319 e. The summed E-state index contributed by atoms with van der Waals surface area (Å²) in [7, 11) is 1.91. The summed E-state index contributed by atoms with van der Waals surface area (Å²) in [6.07, 6.45) is 0.955. The lowest BCUT2D eigenvalue weighted by Gasteiger charge is -1.98. The van der Waals surface area contributed by atoms with Crippen LogP contribution in [0.25, 0.3) is 0 Å². The Kier molecular flexibility index (Phi) is 3.05. The van der Waals surface area contributed by atoms with Gasteiger partial charge in [0, 0.05) is 0 Å². The van der Waals surface area contributed by atoms with E-state index in [4.69, 9.17) is 0 Å². The Morgan fingerprint density at radius 2 is 1.91 bits per heavy atom. The molecular weight excluding hydrogens is 140 g/mol. The highest BCUT2D eigenvalue weighted by Crippen LogP contribution is 2.02. The van der Waals surface area contributed by atoms with E-state index in [1.807, 2.05) is 19.2 Å². The van der Waals surface area contributed by atoms with E-state index in [1.54, 1.807) is 0 Å². The summed E-state index contributed by atoms with van der Waals surface area (Å²) < 4.78 is 12.4.